The number of carboxylic acid groups (broad SMARTS) is 1. The highest BCUT2D eigenvalue weighted by molar-refractivity contribution is 5.96. The van der Waals surface area contributed by atoms with Crippen molar-refractivity contribution in [2.45, 2.75) is 40.0 Å². The molecule has 1 rings (SSSR count). The molecule has 1 amide bonds. The average molecular weight is 227 g/mol. The van der Waals surface area contributed by atoms with Crippen LogP contribution in [0, 0.1) is 11.3 Å². The minimum atomic E-state index is -1.03. The number of hydrogen-bond acceptors (Lipinski definition) is 2. The molecule has 4 nitrogen and oxygen atoms in total. The molecule has 0 aromatic rings. The molecule has 1 aliphatic heterocycles. The van der Waals surface area contributed by atoms with E-state index in [1.54, 1.807) is 4.90 Å². The van der Waals surface area contributed by atoms with Gasteiger partial charge in [0.2, 0.25) is 5.91 Å². The van der Waals surface area contributed by atoms with Crippen molar-refractivity contribution >= 4 is 11.9 Å². The monoisotopic (exact) mass is 227 g/mol. The number of hydrogen-bond donors (Lipinski definition) is 1. The Hall–Kier alpha value is -1.06. The number of likely N-dealkylation sites (tertiary alicyclic amines) is 1. The van der Waals surface area contributed by atoms with Crippen molar-refractivity contribution in [3.8, 4) is 0 Å². The van der Waals surface area contributed by atoms with Crippen molar-refractivity contribution in [2.24, 2.45) is 11.3 Å². The van der Waals surface area contributed by atoms with Crippen LogP contribution in [0.1, 0.15) is 40.0 Å². The number of amides is 1. The summed E-state index contributed by atoms with van der Waals surface area (Å²) in [7, 11) is 0. The minimum Gasteiger partial charge on any atom is -0.481 e. The number of carbonyl (C=O) groups is 2. The summed E-state index contributed by atoms with van der Waals surface area (Å²) in [6.07, 6.45) is 3.06. The molecule has 92 valence electrons. The summed E-state index contributed by atoms with van der Waals surface area (Å²) in [5.74, 6) is -2.19. The molecule has 1 atom stereocenters. The second-order valence-electron chi connectivity index (χ2n) is 5.05. The summed E-state index contributed by atoms with van der Waals surface area (Å²) in [4.78, 5) is 24.2. The predicted molar refractivity (Wildman–Crippen MR) is 61.0 cm³/mol. The van der Waals surface area contributed by atoms with Crippen LogP contribution in [0.4, 0.5) is 0 Å². The van der Waals surface area contributed by atoms with Gasteiger partial charge in [-0.1, -0.05) is 20.3 Å². The van der Waals surface area contributed by atoms with Crippen LogP contribution in [0.2, 0.25) is 0 Å². The Labute approximate surface area is 96.6 Å². The van der Waals surface area contributed by atoms with Crippen LogP contribution in [0.3, 0.4) is 0 Å². The number of nitrogens with zero attached hydrogens (tertiary/aromatic N) is 1. The van der Waals surface area contributed by atoms with Gasteiger partial charge in [0.25, 0.3) is 0 Å². The number of piperidine rings is 1. The van der Waals surface area contributed by atoms with Gasteiger partial charge in [0.05, 0.1) is 0 Å². The maximum absolute atomic E-state index is 11.8. The fourth-order valence-corrected chi connectivity index (χ4v) is 2.00. The molecule has 0 aromatic heterocycles. The second kappa shape index (κ2) is 4.85. The molecule has 0 aromatic carbocycles. The first-order valence-electron chi connectivity index (χ1n) is 5.91. The third kappa shape index (κ3) is 2.74. The summed E-state index contributed by atoms with van der Waals surface area (Å²) in [5, 5.41) is 8.78. The first-order valence-corrected chi connectivity index (χ1v) is 5.91. The zero-order valence-corrected chi connectivity index (χ0v) is 10.3. The standard InChI is InChI=1S/C12H21NO3/c1-4-12(3)5-7-13(8-6-12)10(14)9(2)11(15)16/h9H,4-8H2,1-3H3,(H,15,16). The molecule has 0 spiro atoms. The molecule has 0 saturated carbocycles. The third-order valence-electron chi connectivity index (χ3n) is 3.88. The van der Waals surface area contributed by atoms with Gasteiger partial charge >= 0.3 is 5.97 Å². The van der Waals surface area contributed by atoms with Crippen molar-refractivity contribution in [2.75, 3.05) is 13.1 Å². The van der Waals surface area contributed by atoms with Crippen LogP contribution in [-0.2, 0) is 9.59 Å². The molecule has 1 fully saturated rings. The highest BCUT2D eigenvalue weighted by Gasteiger charge is 2.33. The van der Waals surface area contributed by atoms with Gasteiger partial charge in [-0.2, -0.15) is 0 Å². The largest absolute Gasteiger partial charge is 0.481 e. The number of rotatable bonds is 3. The van der Waals surface area contributed by atoms with E-state index in [0.717, 1.165) is 19.3 Å². The van der Waals surface area contributed by atoms with Crippen molar-refractivity contribution in [3.05, 3.63) is 0 Å². The molecule has 0 radical (unpaired) electrons. The summed E-state index contributed by atoms with van der Waals surface area (Å²) in [6, 6.07) is 0. The summed E-state index contributed by atoms with van der Waals surface area (Å²) in [5.41, 5.74) is 0.323. The predicted octanol–water partition coefficient (Wildman–Crippen LogP) is 1.75. The van der Waals surface area contributed by atoms with E-state index in [9.17, 15) is 9.59 Å². The average Bonchev–Trinajstić information content (AvgIpc) is 2.28. The molecular weight excluding hydrogens is 206 g/mol. The van der Waals surface area contributed by atoms with E-state index in [0.29, 0.717) is 18.5 Å². The van der Waals surface area contributed by atoms with Gasteiger partial charge < -0.3 is 10.0 Å². The zero-order chi connectivity index (χ0) is 12.3. The lowest BCUT2D eigenvalue weighted by Crippen LogP contribution is -2.45. The topological polar surface area (TPSA) is 57.6 Å². The molecule has 1 unspecified atom stereocenters. The number of aliphatic carboxylic acids is 1. The first-order chi connectivity index (χ1) is 7.39. The minimum absolute atomic E-state index is 0.245. The van der Waals surface area contributed by atoms with Crippen LogP contribution in [-0.4, -0.2) is 35.0 Å². The highest BCUT2D eigenvalue weighted by Crippen LogP contribution is 2.34. The normalized spacial score (nSPS) is 21.6. The Kier molecular flexibility index (Phi) is 3.94. The summed E-state index contributed by atoms with van der Waals surface area (Å²) >= 11 is 0. The summed E-state index contributed by atoms with van der Waals surface area (Å²) < 4.78 is 0. The van der Waals surface area contributed by atoms with E-state index < -0.39 is 11.9 Å². The van der Waals surface area contributed by atoms with E-state index in [-0.39, 0.29) is 5.91 Å². The Bertz CT molecular complexity index is 280. The first kappa shape index (κ1) is 13.0. The number of carboxylic acids is 1. The SMILES string of the molecule is CCC1(C)CCN(C(=O)C(C)C(=O)O)CC1. The van der Waals surface area contributed by atoms with Crippen molar-refractivity contribution in [1.29, 1.82) is 0 Å². The molecule has 4 heteroatoms. The molecule has 16 heavy (non-hydrogen) atoms. The Morgan fingerprint density at radius 3 is 2.25 bits per heavy atom. The quantitative estimate of drug-likeness (QED) is 0.747. The van der Waals surface area contributed by atoms with Crippen molar-refractivity contribution in [1.82, 2.24) is 4.90 Å². The zero-order valence-electron chi connectivity index (χ0n) is 10.3. The third-order valence-corrected chi connectivity index (χ3v) is 3.88. The van der Waals surface area contributed by atoms with E-state index in [1.807, 2.05) is 0 Å². The Balaban J connectivity index is 2.54. The van der Waals surface area contributed by atoms with Crippen LogP contribution in [0.25, 0.3) is 0 Å². The second-order valence-corrected chi connectivity index (χ2v) is 5.05. The maximum atomic E-state index is 11.8. The van der Waals surface area contributed by atoms with Gasteiger partial charge in [-0.3, -0.25) is 9.59 Å². The molecule has 0 bridgehead atoms. The smallest absolute Gasteiger partial charge is 0.315 e. The Morgan fingerprint density at radius 2 is 1.88 bits per heavy atom. The molecular formula is C12H21NO3. The molecule has 1 N–H and O–H groups in total. The fraction of sp³-hybridized carbons (Fsp3) is 0.833. The van der Waals surface area contributed by atoms with E-state index in [2.05, 4.69) is 13.8 Å². The highest BCUT2D eigenvalue weighted by atomic mass is 16.4. The van der Waals surface area contributed by atoms with Gasteiger partial charge in [-0.15, -0.1) is 0 Å². The molecule has 0 aliphatic carbocycles. The van der Waals surface area contributed by atoms with Crippen LogP contribution >= 0.6 is 0 Å². The van der Waals surface area contributed by atoms with Gasteiger partial charge in [0.1, 0.15) is 5.92 Å². The lowest BCUT2D eigenvalue weighted by atomic mass is 9.78. The van der Waals surface area contributed by atoms with Crippen molar-refractivity contribution in [3.63, 3.8) is 0 Å². The van der Waals surface area contributed by atoms with Gasteiger partial charge in [0, 0.05) is 13.1 Å². The fourth-order valence-electron chi connectivity index (χ4n) is 2.00. The van der Waals surface area contributed by atoms with Crippen LogP contribution in [0.15, 0.2) is 0 Å². The molecule has 1 saturated heterocycles. The van der Waals surface area contributed by atoms with Gasteiger partial charge in [-0.25, -0.2) is 0 Å². The van der Waals surface area contributed by atoms with Crippen LogP contribution < -0.4 is 0 Å². The van der Waals surface area contributed by atoms with Gasteiger partial charge in [0.15, 0.2) is 0 Å². The van der Waals surface area contributed by atoms with Crippen molar-refractivity contribution < 1.29 is 14.7 Å². The maximum Gasteiger partial charge on any atom is 0.315 e. The molecule has 1 aliphatic rings. The lowest BCUT2D eigenvalue weighted by molar-refractivity contribution is -0.151. The van der Waals surface area contributed by atoms with Gasteiger partial charge in [-0.05, 0) is 25.2 Å². The van der Waals surface area contributed by atoms with E-state index in [4.69, 9.17) is 5.11 Å². The van der Waals surface area contributed by atoms with E-state index in [1.165, 1.54) is 6.92 Å². The summed E-state index contributed by atoms with van der Waals surface area (Å²) in [6.45, 7) is 7.24. The molecule has 1 heterocycles. The van der Waals surface area contributed by atoms with E-state index >= 15 is 0 Å². The van der Waals surface area contributed by atoms with Crippen LogP contribution in [0.5, 0.6) is 0 Å². The lowest BCUT2D eigenvalue weighted by Gasteiger charge is -2.39. The Morgan fingerprint density at radius 1 is 1.38 bits per heavy atom. The number of carbonyl (C=O) groups excluding carboxylic acids is 1.